The zero-order valence-corrected chi connectivity index (χ0v) is 44.1. The maximum atomic E-state index is 7.78. The second kappa shape index (κ2) is 14.7. The van der Waals surface area contributed by atoms with Gasteiger partial charge in [-0.25, -0.2) is 0 Å². The average molecular weight is 924 g/mol. The number of anilines is 9. The minimum atomic E-state index is -0.161. The van der Waals surface area contributed by atoms with E-state index in [-0.39, 0.29) is 39.2 Å². The van der Waals surface area contributed by atoms with Gasteiger partial charge in [0.25, 0.3) is 6.71 Å². The number of rotatable bonds is 3. The van der Waals surface area contributed by atoms with Crippen molar-refractivity contribution in [1.29, 1.82) is 0 Å². The van der Waals surface area contributed by atoms with E-state index >= 15 is 0 Å². The summed E-state index contributed by atoms with van der Waals surface area (Å²) >= 11 is 0. The molecule has 0 saturated carbocycles. The number of nitrogens with zero attached hydrogens (tertiary/aromatic N) is 3. The second-order valence-electron chi connectivity index (χ2n) is 26.0. The molecule has 5 nitrogen and oxygen atoms in total. The molecule has 0 bridgehead atoms. The van der Waals surface area contributed by atoms with Gasteiger partial charge in [0, 0.05) is 39.4 Å². The predicted molar refractivity (Wildman–Crippen MR) is 295 cm³/mol. The first-order chi connectivity index (χ1) is 32.9. The molecule has 0 saturated heterocycles. The van der Waals surface area contributed by atoms with E-state index in [4.69, 9.17) is 9.15 Å². The van der Waals surface area contributed by atoms with Crippen LogP contribution < -0.4 is 36.0 Å². The number of furan rings is 1. The van der Waals surface area contributed by atoms with Crippen molar-refractivity contribution in [3.8, 4) is 11.5 Å². The molecule has 7 aromatic rings. The number of ether oxygens (including phenoxy) is 1. The predicted octanol–water partition coefficient (Wildman–Crippen LogP) is 16.2. The van der Waals surface area contributed by atoms with Gasteiger partial charge in [0.05, 0.1) is 28.4 Å². The van der Waals surface area contributed by atoms with E-state index < -0.39 is 0 Å². The van der Waals surface area contributed by atoms with Crippen LogP contribution in [0.25, 0.3) is 0 Å². The third kappa shape index (κ3) is 6.63. The molecular weight excluding hydrogens is 854 g/mol. The van der Waals surface area contributed by atoms with Crippen LogP contribution in [0.5, 0.6) is 11.5 Å². The molecule has 12 rings (SSSR count). The summed E-state index contributed by atoms with van der Waals surface area (Å²) in [5, 5.41) is 0. The van der Waals surface area contributed by atoms with E-state index in [0.717, 1.165) is 70.6 Å². The molecule has 0 spiro atoms. The van der Waals surface area contributed by atoms with Crippen LogP contribution in [0.3, 0.4) is 0 Å². The smallest absolute Gasteiger partial charge is 0.297 e. The molecule has 0 unspecified atom stereocenters. The maximum absolute atomic E-state index is 7.78. The third-order valence-corrected chi connectivity index (χ3v) is 17.2. The average Bonchev–Trinajstić information content (AvgIpc) is 3.73. The van der Waals surface area contributed by atoms with Gasteiger partial charge < -0.3 is 23.9 Å². The van der Waals surface area contributed by atoms with Crippen molar-refractivity contribution in [2.45, 2.75) is 155 Å². The number of hydrogen-bond donors (Lipinski definition) is 0. The zero-order chi connectivity index (χ0) is 49.2. The Morgan fingerprint density at radius 3 is 1.67 bits per heavy atom. The van der Waals surface area contributed by atoms with Crippen LogP contribution in [-0.4, -0.2) is 6.71 Å². The Morgan fingerprint density at radius 2 is 1.01 bits per heavy atom. The van der Waals surface area contributed by atoms with Crippen molar-refractivity contribution in [2.24, 2.45) is 0 Å². The molecule has 0 fully saturated rings. The molecule has 0 amide bonds. The maximum Gasteiger partial charge on any atom is 0.297 e. The van der Waals surface area contributed by atoms with Crippen LogP contribution in [0, 0.1) is 0 Å². The van der Waals surface area contributed by atoms with Crippen LogP contribution >= 0.6 is 0 Å². The highest BCUT2D eigenvalue weighted by Gasteiger charge is 2.53. The van der Waals surface area contributed by atoms with Gasteiger partial charge in [-0.1, -0.05) is 152 Å². The van der Waals surface area contributed by atoms with Gasteiger partial charge >= 0.3 is 0 Å². The number of hydrogen-bond acceptors (Lipinski definition) is 5. The summed E-state index contributed by atoms with van der Waals surface area (Å²) < 4.78 is 14.5. The van der Waals surface area contributed by atoms with Crippen molar-refractivity contribution in [1.82, 2.24) is 0 Å². The van der Waals surface area contributed by atoms with Crippen LogP contribution in [0.2, 0.25) is 0 Å². The summed E-state index contributed by atoms with van der Waals surface area (Å²) in [7, 11) is 0. The van der Waals surface area contributed by atoms with Crippen molar-refractivity contribution in [3.05, 3.63) is 155 Å². The van der Waals surface area contributed by atoms with Gasteiger partial charge in [0.1, 0.15) is 5.76 Å². The van der Waals surface area contributed by atoms with Gasteiger partial charge in [-0.05, 0) is 153 Å². The quantitative estimate of drug-likeness (QED) is 0.165. The van der Waals surface area contributed by atoms with Gasteiger partial charge in [-0.3, -0.25) is 0 Å². The molecule has 2 aliphatic carbocycles. The first kappa shape index (κ1) is 45.0. The highest BCUT2D eigenvalue weighted by Crippen LogP contribution is 2.58. The van der Waals surface area contributed by atoms with Crippen molar-refractivity contribution >= 4 is 74.5 Å². The fourth-order valence-corrected chi connectivity index (χ4v) is 12.7. The van der Waals surface area contributed by atoms with Crippen LogP contribution in [0.1, 0.15) is 156 Å². The van der Waals surface area contributed by atoms with Crippen molar-refractivity contribution in [2.75, 3.05) is 14.7 Å². The van der Waals surface area contributed by atoms with Gasteiger partial charge in [-0.2, -0.15) is 0 Å². The lowest BCUT2D eigenvalue weighted by molar-refractivity contribution is 0.282. The highest BCUT2D eigenvalue weighted by molar-refractivity contribution is 6.99. The lowest BCUT2D eigenvalue weighted by atomic mass is 9.35. The molecule has 0 radical (unpaired) electrons. The van der Waals surface area contributed by atoms with E-state index in [9.17, 15) is 0 Å². The summed E-state index contributed by atoms with van der Waals surface area (Å²) in [5.74, 6) is 2.82. The standard InChI is InChI=1S/C64H70BN3O2/c1-59(2,3)39-20-19-21-41(34-39)66-49-35-40(60(4,5)6)26-29-46(49)65-55-50(66)37-43(67-47-22-15-17-24-52(47)69-53-25-18-16-23-48(53)67)38-51(55)68(42-27-28-44-45(36-42)62(9,10)31-30-61(44,7)8)56-54-57(70-58(56)65)64(13,14)33-32-63(54,11)12/h15-29,34-38H,30-33H2,1-14H3. The van der Waals surface area contributed by atoms with Crippen molar-refractivity contribution in [3.63, 3.8) is 0 Å². The first-order valence-corrected chi connectivity index (χ1v) is 26.0. The summed E-state index contributed by atoms with van der Waals surface area (Å²) in [5.41, 5.74) is 20.3. The summed E-state index contributed by atoms with van der Waals surface area (Å²) in [6.45, 7) is 33.3. The Kier molecular flexibility index (Phi) is 9.47. The minimum Gasteiger partial charge on any atom is -0.472 e. The zero-order valence-electron chi connectivity index (χ0n) is 44.1. The van der Waals surface area contributed by atoms with Gasteiger partial charge in [-0.15, -0.1) is 0 Å². The SMILES string of the molecule is CC(C)(C)c1cccc(N2c3cc(C(C)(C)C)ccc3B3c4oc5c(c4N(c4ccc6c(c4)C(C)(C)CCC6(C)C)c4cc(N6c7ccccc7Oc7ccccc76)cc2c43)C(C)(C)CCC5(C)C)c1. The lowest BCUT2D eigenvalue weighted by Gasteiger charge is -2.46. The molecular formula is C64H70BN3O2. The molecule has 3 aliphatic heterocycles. The van der Waals surface area contributed by atoms with E-state index in [1.54, 1.807) is 0 Å². The van der Waals surface area contributed by atoms with Crippen LogP contribution in [-0.2, 0) is 32.5 Å². The molecule has 6 heteroatoms. The van der Waals surface area contributed by atoms with Crippen molar-refractivity contribution < 1.29 is 9.15 Å². The Bertz CT molecular complexity index is 3270. The largest absolute Gasteiger partial charge is 0.472 e. The molecule has 356 valence electrons. The molecule has 4 heterocycles. The summed E-state index contributed by atoms with van der Waals surface area (Å²) in [6.07, 6.45) is 4.45. The fourth-order valence-electron chi connectivity index (χ4n) is 12.7. The Balaban J connectivity index is 1.26. The normalized spacial score (nSPS) is 18.7. The lowest BCUT2D eigenvalue weighted by Crippen LogP contribution is -2.61. The number of para-hydroxylation sites is 4. The van der Waals surface area contributed by atoms with Crippen LogP contribution in [0.4, 0.5) is 51.2 Å². The monoisotopic (exact) mass is 924 g/mol. The highest BCUT2D eigenvalue weighted by atomic mass is 16.5. The Morgan fingerprint density at radius 1 is 0.457 bits per heavy atom. The van der Waals surface area contributed by atoms with E-state index in [1.807, 2.05) is 0 Å². The number of benzene rings is 6. The molecule has 1 aromatic heterocycles. The first-order valence-electron chi connectivity index (χ1n) is 26.0. The topological polar surface area (TPSA) is 32.1 Å². The second-order valence-corrected chi connectivity index (χ2v) is 26.0. The van der Waals surface area contributed by atoms with Crippen LogP contribution in [0.15, 0.2) is 126 Å². The Hall–Kier alpha value is -6.14. The molecule has 70 heavy (non-hydrogen) atoms. The summed E-state index contributed by atoms with van der Waals surface area (Å²) in [4.78, 5) is 7.69. The fraction of sp³-hybridized carbons (Fsp3) is 0.375. The minimum absolute atomic E-state index is 0.0141. The molecule has 6 aromatic carbocycles. The molecule has 0 atom stereocenters. The molecule has 0 N–H and O–H groups in total. The van der Waals surface area contributed by atoms with E-state index in [2.05, 4.69) is 233 Å². The summed E-state index contributed by atoms with van der Waals surface area (Å²) in [6, 6.07) is 46.1. The van der Waals surface area contributed by atoms with E-state index in [1.165, 1.54) is 67.9 Å². The van der Waals surface area contributed by atoms with Gasteiger partial charge in [0.2, 0.25) is 0 Å². The van der Waals surface area contributed by atoms with Gasteiger partial charge in [0.15, 0.2) is 11.5 Å². The Labute approximate surface area is 418 Å². The third-order valence-electron chi connectivity index (χ3n) is 17.2. The van der Waals surface area contributed by atoms with E-state index in [0.29, 0.717) is 0 Å². The molecule has 5 aliphatic rings. The number of fused-ring (bicyclic) bond motifs is 9.